The van der Waals surface area contributed by atoms with Gasteiger partial charge in [-0.15, -0.1) is 0 Å². The molecule has 1 aromatic rings. The molecule has 1 atom stereocenters. The molecule has 6 heteroatoms. The minimum atomic E-state index is -0.652. The standard InChI is InChI=1S/C12H18N4O2/c1-2-4-10(13)11(17)15-8-5-3-6-9(7-8)16-12(14)18/h3,5-7,10H,2,4,13H2,1H3,(H,15,17)(H3,14,16,18)/t10-/m0/s1. The predicted octanol–water partition coefficient (Wildman–Crippen LogP) is 1.24. The maximum Gasteiger partial charge on any atom is 0.316 e. The molecule has 0 heterocycles. The molecule has 1 rings (SSSR count). The molecule has 0 bridgehead atoms. The highest BCUT2D eigenvalue weighted by Gasteiger charge is 2.12. The van der Waals surface area contributed by atoms with Gasteiger partial charge in [0.15, 0.2) is 0 Å². The number of carbonyl (C=O) groups is 2. The highest BCUT2D eigenvalue weighted by Crippen LogP contribution is 2.15. The molecule has 0 saturated carbocycles. The summed E-state index contributed by atoms with van der Waals surface area (Å²) >= 11 is 0. The number of hydrogen-bond donors (Lipinski definition) is 4. The summed E-state index contributed by atoms with van der Waals surface area (Å²) in [6, 6.07) is 5.52. The summed E-state index contributed by atoms with van der Waals surface area (Å²) in [5.41, 5.74) is 11.8. The molecule has 0 aromatic heterocycles. The van der Waals surface area contributed by atoms with Crippen molar-refractivity contribution in [3.63, 3.8) is 0 Å². The first-order chi connectivity index (χ1) is 8.52. The summed E-state index contributed by atoms with van der Waals surface area (Å²) in [4.78, 5) is 22.4. The van der Waals surface area contributed by atoms with E-state index in [1.165, 1.54) is 0 Å². The molecule has 3 amide bonds. The monoisotopic (exact) mass is 250 g/mol. The lowest BCUT2D eigenvalue weighted by Gasteiger charge is -2.12. The average molecular weight is 250 g/mol. The van der Waals surface area contributed by atoms with Crippen molar-refractivity contribution in [2.45, 2.75) is 25.8 Å². The van der Waals surface area contributed by atoms with E-state index >= 15 is 0 Å². The Morgan fingerprint density at radius 2 is 1.89 bits per heavy atom. The number of anilines is 2. The van der Waals surface area contributed by atoms with Crippen LogP contribution in [0.25, 0.3) is 0 Å². The summed E-state index contributed by atoms with van der Waals surface area (Å²) in [5.74, 6) is -0.243. The van der Waals surface area contributed by atoms with Crippen molar-refractivity contribution in [3.8, 4) is 0 Å². The Kier molecular flexibility index (Phi) is 5.13. The van der Waals surface area contributed by atoms with Crippen LogP contribution < -0.4 is 22.1 Å². The predicted molar refractivity (Wildman–Crippen MR) is 71.2 cm³/mol. The van der Waals surface area contributed by atoms with Crippen LogP contribution in [0.3, 0.4) is 0 Å². The third-order valence-corrected chi connectivity index (χ3v) is 2.33. The number of rotatable bonds is 5. The minimum absolute atomic E-state index is 0.243. The van der Waals surface area contributed by atoms with E-state index in [0.717, 1.165) is 6.42 Å². The Morgan fingerprint density at radius 1 is 1.28 bits per heavy atom. The van der Waals surface area contributed by atoms with Gasteiger partial charge in [0.25, 0.3) is 0 Å². The Balaban J connectivity index is 2.67. The van der Waals surface area contributed by atoms with E-state index in [9.17, 15) is 9.59 Å². The van der Waals surface area contributed by atoms with E-state index in [-0.39, 0.29) is 5.91 Å². The fourth-order valence-corrected chi connectivity index (χ4v) is 1.49. The maximum absolute atomic E-state index is 11.7. The summed E-state index contributed by atoms with van der Waals surface area (Å²) in [6.07, 6.45) is 1.48. The van der Waals surface area contributed by atoms with Gasteiger partial charge in [0.1, 0.15) is 0 Å². The Morgan fingerprint density at radius 3 is 2.44 bits per heavy atom. The highest BCUT2D eigenvalue weighted by atomic mass is 16.2. The second kappa shape index (κ2) is 6.61. The molecule has 1 aromatic carbocycles. The van der Waals surface area contributed by atoms with Crippen LogP contribution in [-0.4, -0.2) is 18.0 Å². The first-order valence-corrected chi connectivity index (χ1v) is 5.76. The van der Waals surface area contributed by atoms with E-state index in [1.807, 2.05) is 6.92 Å². The topological polar surface area (TPSA) is 110 Å². The van der Waals surface area contributed by atoms with Crippen LogP contribution in [-0.2, 0) is 4.79 Å². The van der Waals surface area contributed by atoms with Gasteiger partial charge in [0.05, 0.1) is 6.04 Å². The zero-order valence-electron chi connectivity index (χ0n) is 10.3. The van der Waals surface area contributed by atoms with E-state index in [1.54, 1.807) is 24.3 Å². The number of hydrogen-bond acceptors (Lipinski definition) is 3. The lowest BCUT2D eigenvalue weighted by Crippen LogP contribution is -2.35. The minimum Gasteiger partial charge on any atom is -0.351 e. The van der Waals surface area contributed by atoms with Gasteiger partial charge in [-0.3, -0.25) is 4.79 Å². The number of primary amides is 1. The third kappa shape index (κ3) is 4.42. The van der Waals surface area contributed by atoms with E-state index < -0.39 is 12.1 Å². The van der Waals surface area contributed by atoms with Crippen LogP contribution in [0.5, 0.6) is 0 Å². The van der Waals surface area contributed by atoms with Crippen LogP contribution >= 0.6 is 0 Å². The molecule has 18 heavy (non-hydrogen) atoms. The SMILES string of the molecule is CCC[C@H](N)C(=O)Nc1cccc(NC(N)=O)c1. The first-order valence-electron chi connectivity index (χ1n) is 5.76. The van der Waals surface area contributed by atoms with Crippen LogP contribution in [0.4, 0.5) is 16.2 Å². The molecule has 0 aliphatic rings. The van der Waals surface area contributed by atoms with Crippen molar-refractivity contribution in [1.82, 2.24) is 0 Å². The summed E-state index contributed by atoms with van der Waals surface area (Å²) in [7, 11) is 0. The fraction of sp³-hybridized carbons (Fsp3) is 0.333. The smallest absolute Gasteiger partial charge is 0.316 e. The van der Waals surface area contributed by atoms with E-state index in [4.69, 9.17) is 11.5 Å². The fourth-order valence-electron chi connectivity index (χ4n) is 1.49. The van der Waals surface area contributed by atoms with E-state index in [2.05, 4.69) is 10.6 Å². The summed E-state index contributed by atoms with van der Waals surface area (Å²) in [6.45, 7) is 1.96. The molecule has 0 saturated heterocycles. The van der Waals surface area contributed by atoms with Crippen molar-refractivity contribution in [2.24, 2.45) is 11.5 Å². The second-order valence-electron chi connectivity index (χ2n) is 3.95. The van der Waals surface area contributed by atoms with Crippen LogP contribution in [0.2, 0.25) is 0 Å². The largest absolute Gasteiger partial charge is 0.351 e. The van der Waals surface area contributed by atoms with Crippen molar-refractivity contribution in [3.05, 3.63) is 24.3 Å². The number of nitrogens with one attached hydrogen (secondary N) is 2. The quantitative estimate of drug-likeness (QED) is 0.631. The van der Waals surface area contributed by atoms with Gasteiger partial charge in [-0.2, -0.15) is 0 Å². The molecule has 6 nitrogen and oxygen atoms in total. The van der Waals surface area contributed by atoms with Crippen molar-refractivity contribution in [1.29, 1.82) is 0 Å². The van der Waals surface area contributed by atoms with Gasteiger partial charge >= 0.3 is 6.03 Å². The number of urea groups is 1. The van der Waals surface area contributed by atoms with Crippen LogP contribution in [0.1, 0.15) is 19.8 Å². The van der Waals surface area contributed by atoms with Crippen molar-refractivity contribution >= 4 is 23.3 Å². The molecular formula is C12H18N4O2. The van der Waals surface area contributed by atoms with Gasteiger partial charge in [0, 0.05) is 11.4 Å². The van der Waals surface area contributed by atoms with Crippen LogP contribution in [0.15, 0.2) is 24.3 Å². The molecule has 98 valence electrons. The molecule has 0 fully saturated rings. The third-order valence-electron chi connectivity index (χ3n) is 2.33. The van der Waals surface area contributed by atoms with Crippen molar-refractivity contribution < 1.29 is 9.59 Å². The van der Waals surface area contributed by atoms with Crippen molar-refractivity contribution in [2.75, 3.05) is 10.6 Å². The zero-order chi connectivity index (χ0) is 13.5. The summed E-state index contributed by atoms with van der Waals surface area (Å²) in [5, 5.41) is 5.11. The maximum atomic E-state index is 11.7. The molecule has 0 unspecified atom stereocenters. The van der Waals surface area contributed by atoms with Crippen LogP contribution in [0, 0.1) is 0 Å². The number of amides is 3. The Labute approximate surface area is 106 Å². The molecule has 0 spiro atoms. The van der Waals surface area contributed by atoms with Gasteiger partial charge in [0.2, 0.25) is 5.91 Å². The lowest BCUT2D eigenvalue weighted by atomic mass is 10.1. The Hall–Kier alpha value is -2.08. The van der Waals surface area contributed by atoms with E-state index in [0.29, 0.717) is 17.8 Å². The lowest BCUT2D eigenvalue weighted by molar-refractivity contribution is -0.117. The first kappa shape index (κ1) is 14.0. The van der Waals surface area contributed by atoms with Gasteiger partial charge in [-0.25, -0.2) is 4.79 Å². The number of nitrogens with two attached hydrogens (primary N) is 2. The molecule has 0 aliphatic carbocycles. The average Bonchev–Trinajstić information content (AvgIpc) is 2.28. The molecule has 0 radical (unpaired) electrons. The molecular weight excluding hydrogens is 232 g/mol. The second-order valence-corrected chi connectivity index (χ2v) is 3.95. The van der Waals surface area contributed by atoms with Gasteiger partial charge < -0.3 is 22.1 Å². The van der Waals surface area contributed by atoms with Gasteiger partial charge in [-0.1, -0.05) is 19.4 Å². The molecule has 0 aliphatic heterocycles. The number of benzene rings is 1. The van der Waals surface area contributed by atoms with Gasteiger partial charge in [-0.05, 0) is 24.6 Å². The normalized spacial score (nSPS) is 11.7. The molecule has 6 N–H and O–H groups in total. The zero-order valence-corrected chi connectivity index (χ0v) is 10.3. The highest BCUT2D eigenvalue weighted by molar-refractivity contribution is 5.95. The number of carbonyl (C=O) groups excluding carboxylic acids is 2. The summed E-state index contributed by atoms with van der Waals surface area (Å²) < 4.78 is 0. The Bertz CT molecular complexity index is 434.